The largest absolute Gasteiger partial charge is 0.320 e. The Balaban J connectivity index is 2.75. The molecule has 27 heavy (non-hydrogen) atoms. The van der Waals surface area contributed by atoms with Crippen LogP contribution in [0.1, 0.15) is 26.7 Å². The topological polar surface area (TPSA) is 85.3 Å². The van der Waals surface area contributed by atoms with E-state index in [-0.39, 0.29) is 6.42 Å². The predicted molar refractivity (Wildman–Crippen MR) is 100 cm³/mol. The normalized spacial score (nSPS) is 13.9. The first kappa shape index (κ1) is 21.2. The summed E-state index contributed by atoms with van der Waals surface area (Å²) in [5.41, 5.74) is 0. The van der Waals surface area contributed by atoms with E-state index in [1.54, 1.807) is 6.92 Å². The fraction of sp³-hybridized carbons (Fsp3) is 0.316. The Morgan fingerprint density at radius 2 is 1.26 bits per heavy atom. The van der Waals surface area contributed by atoms with Crippen LogP contribution < -0.4 is 0 Å². The van der Waals surface area contributed by atoms with Crippen molar-refractivity contribution in [3.05, 3.63) is 60.7 Å². The number of sulfone groups is 2. The van der Waals surface area contributed by atoms with Crippen LogP contribution in [0.5, 0.6) is 0 Å². The van der Waals surface area contributed by atoms with Crippen LogP contribution in [-0.4, -0.2) is 27.0 Å². The summed E-state index contributed by atoms with van der Waals surface area (Å²) in [5, 5.41) is 0. The lowest BCUT2D eigenvalue weighted by Gasteiger charge is -2.30. The number of hydrogen-bond donors (Lipinski definition) is 0. The van der Waals surface area contributed by atoms with E-state index >= 15 is 4.39 Å². The van der Waals surface area contributed by atoms with Gasteiger partial charge in [0.15, 0.2) is 0 Å². The summed E-state index contributed by atoms with van der Waals surface area (Å²) < 4.78 is 65.1. The van der Waals surface area contributed by atoms with Gasteiger partial charge >= 0.3 is 4.33 Å². The van der Waals surface area contributed by atoms with Crippen LogP contribution in [0.25, 0.3) is 0 Å². The molecular weight excluding hydrogens is 391 g/mol. The highest BCUT2D eigenvalue weighted by molar-refractivity contribution is 8.10. The van der Waals surface area contributed by atoms with Gasteiger partial charge < -0.3 is 0 Å². The molecule has 0 unspecified atom stereocenters. The van der Waals surface area contributed by atoms with Gasteiger partial charge in [-0.3, -0.25) is 4.79 Å². The smallest absolute Gasteiger partial charge is 0.300 e. The zero-order valence-electron chi connectivity index (χ0n) is 15.0. The second kappa shape index (κ2) is 7.90. The van der Waals surface area contributed by atoms with Crippen LogP contribution in [0, 0.1) is 5.92 Å². The summed E-state index contributed by atoms with van der Waals surface area (Å²) in [7, 11) is -9.93. The van der Waals surface area contributed by atoms with Crippen molar-refractivity contribution in [3.8, 4) is 0 Å². The lowest BCUT2D eigenvalue weighted by atomic mass is 10.0. The molecule has 146 valence electrons. The molecule has 0 heterocycles. The average Bonchev–Trinajstić information content (AvgIpc) is 2.68. The molecule has 0 aliphatic heterocycles. The standard InChI is InChI=1S/C19H21FO5S2/c1-3-16(21)14-15(2)19(20,26(22,23)17-10-6-4-7-11-17)27(24,25)18-12-8-5-9-13-18/h4-13,15H,3,14H2,1-2H3/t15-/m1/s1. The maximum Gasteiger partial charge on any atom is 0.320 e. The van der Waals surface area contributed by atoms with Gasteiger partial charge in [-0.25, -0.2) is 21.2 Å². The van der Waals surface area contributed by atoms with Gasteiger partial charge in [0.25, 0.3) is 0 Å². The molecule has 2 aromatic rings. The van der Waals surface area contributed by atoms with Crippen molar-refractivity contribution in [2.45, 2.75) is 40.8 Å². The number of hydrogen-bond acceptors (Lipinski definition) is 5. The van der Waals surface area contributed by atoms with E-state index in [0.29, 0.717) is 0 Å². The molecule has 2 aromatic carbocycles. The Labute approximate surface area is 159 Å². The molecule has 0 amide bonds. The van der Waals surface area contributed by atoms with Crippen LogP contribution in [0.2, 0.25) is 0 Å². The number of rotatable bonds is 8. The van der Waals surface area contributed by atoms with E-state index in [1.807, 2.05) is 0 Å². The Morgan fingerprint density at radius 3 is 1.59 bits per heavy atom. The number of ketones is 1. The zero-order chi connectivity index (χ0) is 20.3. The van der Waals surface area contributed by atoms with Crippen LogP contribution in [-0.2, 0) is 24.5 Å². The minimum Gasteiger partial charge on any atom is -0.300 e. The van der Waals surface area contributed by atoms with Gasteiger partial charge in [0.1, 0.15) is 5.78 Å². The first-order valence-electron chi connectivity index (χ1n) is 8.39. The molecule has 0 N–H and O–H groups in total. The number of carbonyl (C=O) groups is 1. The molecule has 5 nitrogen and oxygen atoms in total. The number of carbonyl (C=O) groups excluding carboxylic acids is 1. The second-order valence-electron chi connectivity index (χ2n) is 6.21. The second-order valence-corrected chi connectivity index (χ2v) is 10.6. The van der Waals surface area contributed by atoms with Gasteiger partial charge in [-0.2, -0.15) is 0 Å². The van der Waals surface area contributed by atoms with Crippen molar-refractivity contribution in [1.29, 1.82) is 0 Å². The highest BCUT2D eigenvalue weighted by Crippen LogP contribution is 2.44. The summed E-state index contributed by atoms with van der Waals surface area (Å²) >= 11 is 0. The quantitative estimate of drug-likeness (QED) is 0.662. The van der Waals surface area contributed by atoms with E-state index in [1.165, 1.54) is 36.4 Å². The van der Waals surface area contributed by atoms with Crippen LogP contribution in [0.4, 0.5) is 4.39 Å². The van der Waals surface area contributed by atoms with E-state index in [4.69, 9.17) is 0 Å². The van der Waals surface area contributed by atoms with Crippen LogP contribution in [0.15, 0.2) is 70.5 Å². The first-order chi connectivity index (χ1) is 12.6. The van der Waals surface area contributed by atoms with Crippen molar-refractivity contribution >= 4 is 25.5 Å². The van der Waals surface area contributed by atoms with Gasteiger partial charge in [0.2, 0.25) is 19.7 Å². The van der Waals surface area contributed by atoms with Gasteiger partial charge in [-0.1, -0.05) is 50.2 Å². The molecule has 0 spiro atoms. The SMILES string of the molecule is CCC(=O)C[C@@H](C)C(F)(S(=O)(=O)c1ccccc1)S(=O)(=O)c1ccccc1. The van der Waals surface area contributed by atoms with Gasteiger partial charge in [-0.05, 0) is 24.3 Å². The fourth-order valence-corrected chi connectivity index (χ4v) is 7.44. The Bertz CT molecular complexity index is 931. The van der Waals surface area contributed by atoms with E-state index < -0.39 is 51.9 Å². The maximum atomic E-state index is 16.3. The highest BCUT2D eigenvalue weighted by Gasteiger charge is 2.61. The van der Waals surface area contributed by atoms with Gasteiger partial charge in [-0.15, -0.1) is 0 Å². The molecule has 0 aliphatic carbocycles. The fourth-order valence-electron chi connectivity index (χ4n) is 2.80. The lowest BCUT2D eigenvalue weighted by Crippen LogP contribution is -2.48. The van der Waals surface area contributed by atoms with E-state index in [2.05, 4.69) is 0 Å². The van der Waals surface area contributed by atoms with Crippen molar-refractivity contribution in [2.75, 3.05) is 0 Å². The first-order valence-corrected chi connectivity index (χ1v) is 11.4. The van der Waals surface area contributed by atoms with Gasteiger partial charge in [0.05, 0.1) is 9.79 Å². The number of halogens is 1. The molecule has 8 heteroatoms. The van der Waals surface area contributed by atoms with Crippen molar-refractivity contribution in [2.24, 2.45) is 5.92 Å². The molecule has 0 bridgehead atoms. The van der Waals surface area contributed by atoms with Crippen LogP contribution >= 0.6 is 0 Å². The maximum absolute atomic E-state index is 16.3. The third-order valence-electron chi connectivity index (χ3n) is 4.36. The Morgan fingerprint density at radius 1 is 0.889 bits per heavy atom. The van der Waals surface area contributed by atoms with E-state index in [0.717, 1.165) is 31.2 Å². The predicted octanol–water partition coefficient (Wildman–Crippen LogP) is 3.56. The number of Topliss-reactive ketones (excluding diaryl/α,β-unsaturated/α-hetero) is 1. The van der Waals surface area contributed by atoms with Crippen molar-refractivity contribution < 1.29 is 26.0 Å². The van der Waals surface area contributed by atoms with E-state index in [9.17, 15) is 21.6 Å². The summed E-state index contributed by atoms with van der Waals surface area (Å²) in [6, 6.07) is 13.1. The summed E-state index contributed by atoms with van der Waals surface area (Å²) in [5.74, 6) is -2.02. The molecule has 0 aliphatic rings. The minimum atomic E-state index is -4.97. The lowest BCUT2D eigenvalue weighted by molar-refractivity contribution is -0.119. The number of alkyl halides is 1. The Kier molecular flexibility index (Phi) is 6.21. The molecule has 0 saturated heterocycles. The summed E-state index contributed by atoms with van der Waals surface area (Å²) in [6.45, 7) is 2.68. The third-order valence-corrected chi connectivity index (χ3v) is 9.73. The molecule has 0 radical (unpaired) electrons. The molecule has 0 fully saturated rings. The molecule has 0 aromatic heterocycles. The summed E-state index contributed by atoms with van der Waals surface area (Å²) in [4.78, 5) is 10.9. The van der Waals surface area contributed by atoms with Crippen molar-refractivity contribution in [1.82, 2.24) is 0 Å². The molecule has 1 atom stereocenters. The zero-order valence-corrected chi connectivity index (χ0v) is 16.6. The van der Waals surface area contributed by atoms with Gasteiger partial charge in [0, 0.05) is 18.8 Å². The highest BCUT2D eigenvalue weighted by atomic mass is 32.3. The third kappa shape index (κ3) is 3.68. The minimum absolute atomic E-state index is 0.0528. The molecule has 2 rings (SSSR count). The average molecular weight is 413 g/mol. The Hall–Kier alpha value is -2.06. The van der Waals surface area contributed by atoms with Crippen LogP contribution in [0.3, 0.4) is 0 Å². The summed E-state index contributed by atoms with van der Waals surface area (Å²) in [6.07, 6.45) is -0.456. The molecular formula is C19H21FO5S2. The molecule has 0 saturated carbocycles. The number of benzene rings is 2. The monoisotopic (exact) mass is 412 g/mol. The van der Waals surface area contributed by atoms with Crippen molar-refractivity contribution in [3.63, 3.8) is 0 Å².